The third-order valence-electron chi connectivity index (χ3n) is 2.15. The molecule has 0 amide bonds. The normalized spacial score (nSPS) is 11.2. The summed E-state index contributed by atoms with van der Waals surface area (Å²) in [6.45, 7) is 2.57. The highest BCUT2D eigenvalue weighted by atomic mass is 16.2. The third kappa shape index (κ3) is 11.7. The Kier molecular flexibility index (Phi) is 11.4. The van der Waals surface area contributed by atoms with Crippen molar-refractivity contribution < 1.29 is 5.11 Å². The molecule has 0 atom stereocenters. The lowest BCUT2D eigenvalue weighted by molar-refractivity contribution is 0.282. The maximum Gasteiger partial charge on any atom is 0.0431 e. The van der Waals surface area contributed by atoms with Gasteiger partial charge in [0.15, 0.2) is 0 Å². The topological polar surface area (TPSA) is 20.2 Å². The van der Waals surface area contributed by atoms with Gasteiger partial charge in [-0.2, -0.15) is 0 Å². The molecule has 0 spiro atoms. The fraction of sp³-hybridized carbons (Fsp3) is 0.833. The van der Waals surface area contributed by atoms with Crippen LogP contribution in [0.3, 0.4) is 0 Å². The van der Waals surface area contributed by atoms with Crippen molar-refractivity contribution in [2.24, 2.45) is 0 Å². The van der Waals surface area contributed by atoms with Crippen molar-refractivity contribution in [1.29, 1.82) is 0 Å². The molecular weight excluding hydrogens is 160 g/mol. The van der Waals surface area contributed by atoms with E-state index in [1.54, 1.807) is 0 Å². The summed E-state index contributed by atoms with van der Waals surface area (Å²) in [6.07, 6.45) is 14.4. The van der Waals surface area contributed by atoms with Gasteiger partial charge in [-0.05, 0) is 25.7 Å². The molecule has 0 heterocycles. The lowest BCUT2D eigenvalue weighted by Gasteiger charge is -1.97. The average molecular weight is 184 g/mol. The van der Waals surface area contributed by atoms with Gasteiger partial charge >= 0.3 is 0 Å². The minimum Gasteiger partial charge on any atom is -0.396 e. The number of hydrogen-bond donors (Lipinski definition) is 1. The van der Waals surface area contributed by atoms with Crippen LogP contribution in [0.5, 0.6) is 0 Å². The molecule has 0 unspecified atom stereocenters. The number of unbranched alkanes of at least 4 members (excludes halogenated alkanes) is 6. The van der Waals surface area contributed by atoms with Crippen LogP contribution in [-0.4, -0.2) is 11.7 Å². The van der Waals surface area contributed by atoms with Crippen molar-refractivity contribution in [3.8, 4) is 0 Å². The second kappa shape index (κ2) is 11.7. The molecule has 0 aromatic carbocycles. The van der Waals surface area contributed by atoms with Crippen LogP contribution in [0.4, 0.5) is 0 Å². The van der Waals surface area contributed by atoms with E-state index in [1.165, 1.54) is 44.9 Å². The highest BCUT2D eigenvalue weighted by Gasteiger charge is 1.87. The van der Waals surface area contributed by atoms with Gasteiger partial charge in [0.25, 0.3) is 0 Å². The van der Waals surface area contributed by atoms with E-state index in [0.29, 0.717) is 6.61 Å². The van der Waals surface area contributed by atoms with Crippen LogP contribution in [0.15, 0.2) is 12.2 Å². The molecule has 0 aromatic heterocycles. The van der Waals surface area contributed by atoms with Crippen LogP contribution in [0.2, 0.25) is 0 Å². The van der Waals surface area contributed by atoms with Crippen molar-refractivity contribution in [2.75, 3.05) is 6.61 Å². The summed E-state index contributed by atoms with van der Waals surface area (Å²) in [5.41, 5.74) is 0. The molecule has 0 radical (unpaired) electrons. The molecule has 0 rings (SSSR count). The quantitative estimate of drug-likeness (QED) is 0.428. The molecule has 0 saturated heterocycles. The van der Waals surface area contributed by atoms with E-state index in [2.05, 4.69) is 19.1 Å². The maximum atomic E-state index is 8.55. The maximum absolute atomic E-state index is 8.55. The van der Waals surface area contributed by atoms with Gasteiger partial charge in [-0.3, -0.25) is 0 Å². The number of hydrogen-bond acceptors (Lipinski definition) is 1. The Labute approximate surface area is 82.9 Å². The minimum atomic E-state index is 0.358. The van der Waals surface area contributed by atoms with E-state index in [-0.39, 0.29) is 0 Å². The predicted octanol–water partition coefficient (Wildman–Crippen LogP) is 3.68. The summed E-state index contributed by atoms with van der Waals surface area (Å²) in [5, 5.41) is 8.55. The van der Waals surface area contributed by atoms with Crippen molar-refractivity contribution in [1.82, 2.24) is 0 Å². The lowest BCUT2D eigenvalue weighted by Crippen LogP contribution is -1.83. The number of allylic oxidation sites excluding steroid dienone is 2. The first-order valence-corrected chi connectivity index (χ1v) is 5.67. The summed E-state index contributed by atoms with van der Waals surface area (Å²) >= 11 is 0. The van der Waals surface area contributed by atoms with Gasteiger partial charge in [-0.15, -0.1) is 0 Å². The molecule has 0 fully saturated rings. The second-order valence-corrected chi connectivity index (χ2v) is 3.54. The van der Waals surface area contributed by atoms with Gasteiger partial charge < -0.3 is 5.11 Å². The van der Waals surface area contributed by atoms with E-state index in [1.807, 2.05) is 0 Å². The van der Waals surface area contributed by atoms with E-state index >= 15 is 0 Å². The Morgan fingerprint density at radius 2 is 1.46 bits per heavy atom. The molecule has 0 aliphatic rings. The Bertz CT molecular complexity index is 108. The zero-order chi connectivity index (χ0) is 9.78. The van der Waals surface area contributed by atoms with Gasteiger partial charge in [-0.25, -0.2) is 0 Å². The Morgan fingerprint density at radius 3 is 2.15 bits per heavy atom. The summed E-state index contributed by atoms with van der Waals surface area (Å²) in [4.78, 5) is 0. The minimum absolute atomic E-state index is 0.358. The number of aliphatic hydroxyl groups excluding tert-OH is 1. The smallest absolute Gasteiger partial charge is 0.0431 e. The fourth-order valence-corrected chi connectivity index (χ4v) is 1.31. The van der Waals surface area contributed by atoms with E-state index in [0.717, 1.165) is 6.42 Å². The standard InChI is InChI=1S/C12H24O/c1-2-3-4-5-6-7-8-9-10-11-12-13/h4-5,13H,2-3,6-12H2,1H3/b5-4+. The first-order valence-electron chi connectivity index (χ1n) is 5.67. The van der Waals surface area contributed by atoms with Crippen LogP contribution in [0, 0.1) is 0 Å². The van der Waals surface area contributed by atoms with Crippen LogP contribution >= 0.6 is 0 Å². The average Bonchev–Trinajstić information content (AvgIpc) is 2.16. The second-order valence-electron chi connectivity index (χ2n) is 3.54. The van der Waals surface area contributed by atoms with Crippen LogP contribution in [-0.2, 0) is 0 Å². The molecule has 78 valence electrons. The summed E-state index contributed by atoms with van der Waals surface area (Å²) < 4.78 is 0. The third-order valence-corrected chi connectivity index (χ3v) is 2.15. The van der Waals surface area contributed by atoms with Gasteiger partial charge in [-0.1, -0.05) is 44.8 Å². The van der Waals surface area contributed by atoms with Gasteiger partial charge in [0.2, 0.25) is 0 Å². The highest BCUT2D eigenvalue weighted by Crippen LogP contribution is 2.05. The lowest BCUT2D eigenvalue weighted by atomic mass is 10.1. The molecule has 1 heteroatoms. The van der Waals surface area contributed by atoms with Crippen molar-refractivity contribution in [3.05, 3.63) is 12.2 Å². The first kappa shape index (κ1) is 12.7. The van der Waals surface area contributed by atoms with Crippen LogP contribution in [0.25, 0.3) is 0 Å². The number of rotatable bonds is 9. The van der Waals surface area contributed by atoms with E-state index in [4.69, 9.17) is 5.11 Å². The van der Waals surface area contributed by atoms with Gasteiger partial charge in [0, 0.05) is 6.61 Å². The molecule has 0 aromatic rings. The molecule has 1 N–H and O–H groups in total. The Morgan fingerprint density at radius 1 is 0.846 bits per heavy atom. The number of aliphatic hydroxyl groups is 1. The zero-order valence-corrected chi connectivity index (χ0v) is 8.97. The van der Waals surface area contributed by atoms with Gasteiger partial charge in [0.1, 0.15) is 0 Å². The fourth-order valence-electron chi connectivity index (χ4n) is 1.31. The molecule has 0 bridgehead atoms. The molecule has 0 aliphatic heterocycles. The first-order chi connectivity index (χ1) is 6.41. The molecule has 0 aliphatic carbocycles. The summed E-state index contributed by atoms with van der Waals surface area (Å²) in [7, 11) is 0. The van der Waals surface area contributed by atoms with Crippen molar-refractivity contribution >= 4 is 0 Å². The largest absolute Gasteiger partial charge is 0.396 e. The van der Waals surface area contributed by atoms with Crippen LogP contribution < -0.4 is 0 Å². The molecular formula is C12H24O. The monoisotopic (exact) mass is 184 g/mol. The molecule has 1 nitrogen and oxygen atoms in total. The van der Waals surface area contributed by atoms with E-state index in [9.17, 15) is 0 Å². The Balaban J connectivity index is 2.91. The molecule has 13 heavy (non-hydrogen) atoms. The predicted molar refractivity (Wildman–Crippen MR) is 58.8 cm³/mol. The Hall–Kier alpha value is -0.300. The van der Waals surface area contributed by atoms with Crippen molar-refractivity contribution in [2.45, 2.75) is 58.3 Å². The summed E-state index contributed by atoms with van der Waals surface area (Å²) in [6, 6.07) is 0. The van der Waals surface area contributed by atoms with Crippen LogP contribution in [0.1, 0.15) is 58.3 Å². The van der Waals surface area contributed by atoms with E-state index < -0.39 is 0 Å². The van der Waals surface area contributed by atoms with Gasteiger partial charge in [0.05, 0.1) is 0 Å². The molecule has 0 saturated carbocycles. The summed E-state index contributed by atoms with van der Waals surface area (Å²) in [5.74, 6) is 0. The SMILES string of the molecule is CCC/C=C/CCCCCCCO. The van der Waals surface area contributed by atoms with Crippen molar-refractivity contribution in [3.63, 3.8) is 0 Å². The highest BCUT2D eigenvalue weighted by molar-refractivity contribution is 4.80. The zero-order valence-electron chi connectivity index (χ0n) is 8.97.